The summed E-state index contributed by atoms with van der Waals surface area (Å²) in [6.07, 6.45) is 2.35. The minimum atomic E-state index is 0.138. The van der Waals surface area contributed by atoms with Crippen LogP contribution in [0, 0.1) is 5.92 Å². The van der Waals surface area contributed by atoms with Crippen molar-refractivity contribution in [1.82, 2.24) is 5.32 Å². The summed E-state index contributed by atoms with van der Waals surface area (Å²) in [7, 11) is 0. The van der Waals surface area contributed by atoms with E-state index >= 15 is 0 Å². The number of nitrogens with one attached hydrogen (secondary N) is 1. The van der Waals surface area contributed by atoms with Crippen LogP contribution < -0.4 is 5.32 Å². The Kier molecular flexibility index (Phi) is 4.66. The number of phenolic OH excluding ortho intramolecular Hbond substituents is 1. The number of phenols is 1. The summed E-state index contributed by atoms with van der Waals surface area (Å²) < 4.78 is 5.33. The lowest BCUT2D eigenvalue weighted by molar-refractivity contribution is 0.184. The maximum atomic E-state index is 9.29. The predicted molar refractivity (Wildman–Crippen MR) is 68.4 cm³/mol. The summed E-state index contributed by atoms with van der Waals surface area (Å²) >= 11 is 5.84. The van der Waals surface area contributed by atoms with E-state index in [9.17, 15) is 5.11 Å². The molecule has 0 amide bonds. The number of ether oxygens (including phenoxy) is 1. The molecule has 1 aliphatic rings. The second kappa shape index (κ2) is 6.24. The normalized spacial score (nSPS) is 19.7. The van der Waals surface area contributed by atoms with Crippen LogP contribution in [0.3, 0.4) is 0 Å². The molecular formula is C13H18ClNO2. The van der Waals surface area contributed by atoms with Crippen molar-refractivity contribution in [2.45, 2.75) is 19.4 Å². The summed E-state index contributed by atoms with van der Waals surface area (Å²) in [4.78, 5) is 0. The number of halogens is 1. The van der Waals surface area contributed by atoms with Gasteiger partial charge in [-0.25, -0.2) is 0 Å². The van der Waals surface area contributed by atoms with Crippen molar-refractivity contribution < 1.29 is 9.84 Å². The summed E-state index contributed by atoms with van der Waals surface area (Å²) in [5.41, 5.74) is 1.09. The van der Waals surface area contributed by atoms with E-state index in [4.69, 9.17) is 16.3 Å². The first-order valence-electron chi connectivity index (χ1n) is 6.01. The highest BCUT2D eigenvalue weighted by Crippen LogP contribution is 2.23. The Morgan fingerprint density at radius 1 is 1.47 bits per heavy atom. The third-order valence-electron chi connectivity index (χ3n) is 3.09. The maximum Gasteiger partial charge on any atom is 0.134 e. The minimum Gasteiger partial charge on any atom is -0.506 e. The van der Waals surface area contributed by atoms with Gasteiger partial charge in [-0.1, -0.05) is 17.7 Å². The molecule has 0 saturated carbocycles. The molecule has 1 unspecified atom stereocenters. The summed E-state index contributed by atoms with van der Waals surface area (Å²) in [5, 5.41) is 13.1. The molecule has 0 bridgehead atoms. The van der Waals surface area contributed by atoms with Crippen LogP contribution in [0.1, 0.15) is 18.4 Å². The van der Waals surface area contributed by atoms with Gasteiger partial charge in [0, 0.05) is 19.8 Å². The molecule has 4 heteroatoms. The molecule has 2 N–H and O–H groups in total. The van der Waals surface area contributed by atoms with E-state index in [0.29, 0.717) is 10.9 Å². The van der Waals surface area contributed by atoms with Crippen molar-refractivity contribution in [1.29, 1.82) is 0 Å². The SMILES string of the molecule is Oc1ccc(CNCCC2CCOC2)cc1Cl. The van der Waals surface area contributed by atoms with Crippen molar-refractivity contribution in [3.8, 4) is 5.75 Å². The molecule has 1 saturated heterocycles. The highest BCUT2D eigenvalue weighted by Gasteiger charge is 2.14. The number of hydrogen-bond donors (Lipinski definition) is 2. The van der Waals surface area contributed by atoms with Gasteiger partial charge < -0.3 is 15.2 Å². The molecule has 1 fully saturated rings. The fourth-order valence-electron chi connectivity index (χ4n) is 2.01. The van der Waals surface area contributed by atoms with Crippen LogP contribution in [-0.2, 0) is 11.3 Å². The quantitative estimate of drug-likeness (QED) is 0.795. The molecule has 1 atom stereocenters. The first-order chi connectivity index (χ1) is 8.25. The van der Waals surface area contributed by atoms with Gasteiger partial charge in [-0.15, -0.1) is 0 Å². The summed E-state index contributed by atoms with van der Waals surface area (Å²) in [6, 6.07) is 5.31. The van der Waals surface area contributed by atoms with Crippen LogP contribution in [0.25, 0.3) is 0 Å². The fourth-order valence-corrected chi connectivity index (χ4v) is 2.21. The Labute approximate surface area is 107 Å². The topological polar surface area (TPSA) is 41.5 Å². The van der Waals surface area contributed by atoms with Crippen LogP contribution in [0.15, 0.2) is 18.2 Å². The van der Waals surface area contributed by atoms with E-state index in [0.717, 1.165) is 38.3 Å². The third-order valence-corrected chi connectivity index (χ3v) is 3.40. The molecule has 1 aliphatic heterocycles. The number of aromatic hydroxyl groups is 1. The molecule has 2 rings (SSSR count). The zero-order valence-electron chi connectivity index (χ0n) is 9.79. The van der Waals surface area contributed by atoms with Crippen molar-refractivity contribution in [3.63, 3.8) is 0 Å². The Hall–Kier alpha value is -0.770. The number of benzene rings is 1. The van der Waals surface area contributed by atoms with Crippen molar-refractivity contribution in [3.05, 3.63) is 28.8 Å². The van der Waals surface area contributed by atoms with Gasteiger partial charge in [0.15, 0.2) is 0 Å². The van der Waals surface area contributed by atoms with Gasteiger partial charge in [0.25, 0.3) is 0 Å². The Balaban J connectivity index is 1.68. The van der Waals surface area contributed by atoms with Crippen molar-refractivity contribution in [2.75, 3.05) is 19.8 Å². The lowest BCUT2D eigenvalue weighted by atomic mass is 10.1. The third kappa shape index (κ3) is 3.87. The van der Waals surface area contributed by atoms with E-state index in [2.05, 4.69) is 5.32 Å². The van der Waals surface area contributed by atoms with E-state index < -0.39 is 0 Å². The molecule has 94 valence electrons. The molecule has 0 aliphatic carbocycles. The number of rotatable bonds is 5. The van der Waals surface area contributed by atoms with Gasteiger partial charge in [-0.05, 0) is 43.0 Å². The number of hydrogen-bond acceptors (Lipinski definition) is 3. The second-order valence-electron chi connectivity index (χ2n) is 4.48. The van der Waals surface area contributed by atoms with E-state index in [-0.39, 0.29) is 5.75 Å². The smallest absolute Gasteiger partial charge is 0.134 e. The lowest BCUT2D eigenvalue weighted by Gasteiger charge is -2.09. The van der Waals surface area contributed by atoms with E-state index in [1.54, 1.807) is 12.1 Å². The molecule has 0 radical (unpaired) electrons. The van der Waals surface area contributed by atoms with Crippen LogP contribution >= 0.6 is 11.6 Å². The molecule has 0 aromatic heterocycles. The van der Waals surface area contributed by atoms with Gasteiger partial charge in [0.1, 0.15) is 5.75 Å². The Morgan fingerprint density at radius 3 is 3.06 bits per heavy atom. The Bertz CT molecular complexity index is 364. The first kappa shape index (κ1) is 12.7. The molecule has 1 aromatic carbocycles. The molecule has 17 heavy (non-hydrogen) atoms. The zero-order valence-corrected chi connectivity index (χ0v) is 10.5. The van der Waals surface area contributed by atoms with Gasteiger partial charge in [0.05, 0.1) is 5.02 Å². The zero-order chi connectivity index (χ0) is 12.1. The maximum absolute atomic E-state index is 9.29. The summed E-state index contributed by atoms with van der Waals surface area (Å²) in [6.45, 7) is 3.60. The predicted octanol–water partition coefficient (Wildman–Crippen LogP) is 2.56. The summed E-state index contributed by atoms with van der Waals surface area (Å²) in [5.74, 6) is 0.851. The van der Waals surface area contributed by atoms with Gasteiger partial charge in [0.2, 0.25) is 0 Å². The minimum absolute atomic E-state index is 0.138. The fraction of sp³-hybridized carbons (Fsp3) is 0.538. The Morgan fingerprint density at radius 2 is 2.35 bits per heavy atom. The first-order valence-corrected chi connectivity index (χ1v) is 6.39. The van der Waals surface area contributed by atoms with Gasteiger partial charge >= 0.3 is 0 Å². The average Bonchev–Trinajstić information content (AvgIpc) is 2.82. The molecule has 3 nitrogen and oxygen atoms in total. The van der Waals surface area contributed by atoms with E-state index in [1.807, 2.05) is 6.07 Å². The standard InChI is InChI=1S/C13H18ClNO2/c14-12-7-11(1-2-13(12)16)8-15-5-3-10-4-6-17-9-10/h1-2,7,10,15-16H,3-6,8-9H2. The molecule has 1 heterocycles. The van der Waals surface area contributed by atoms with Crippen LogP contribution in [0.5, 0.6) is 5.75 Å². The van der Waals surface area contributed by atoms with Gasteiger partial charge in [-0.2, -0.15) is 0 Å². The van der Waals surface area contributed by atoms with E-state index in [1.165, 1.54) is 6.42 Å². The highest BCUT2D eigenvalue weighted by atomic mass is 35.5. The van der Waals surface area contributed by atoms with Crippen molar-refractivity contribution >= 4 is 11.6 Å². The molecule has 0 spiro atoms. The van der Waals surface area contributed by atoms with Gasteiger partial charge in [-0.3, -0.25) is 0 Å². The largest absolute Gasteiger partial charge is 0.506 e. The monoisotopic (exact) mass is 255 g/mol. The molecule has 1 aromatic rings. The van der Waals surface area contributed by atoms with Crippen LogP contribution in [0.4, 0.5) is 0 Å². The average molecular weight is 256 g/mol. The van der Waals surface area contributed by atoms with Crippen LogP contribution in [0.2, 0.25) is 5.02 Å². The second-order valence-corrected chi connectivity index (χ2v) is 4.89. The molecular weight excluding hydrogens is 238 g/mol. The highest BCUT2D eigenvalue weighted by molar-refractivity contribution is 6.32. The van der Waals surface area contributed by atoms with Crippen molar-refractivity contribution in [2.24, 2.45) is 5.92 Å². The van der Waals surface area contributed by atoms with Crippen LogP contribution in [-0.4, -0.2) is 24.9 Å². The lowest BCUT2D eigenvalue weighted by Crippen LogP contribution is -2.17.